The number of aryl methyl sites for hydroxylation is 1. The lowest BCUT2D eigenvalue weighted by Crippen LogP contribution is -2.34. The van der Waals surface area contributed by atoms with E-state index in [9.17, 15) is 0 Å². The molecule has 4 nitrogen and oxygen atoms in total. The van der Waals surface area contributed by atoms with Gasteiger partial charge in [0.1, 0.15) is 6.33 Å². The van der Waals surface area contributed by atoms with Gasteiger partial charge >= 0.3 is 0 Å². The third-order valence-electron chi connectivity index (χ3n) is 3.54. The van der Waals surface area contributed by atoms with Gasteiger partial charge in [-0.25, -0.2) is 4.98 Å². The van der Waals surface area contributed by atoms with Crippen LogP contribution >= 0.6 is 11.8 Å². The van der Waals surface area contributed by atoms with Gasteiger partial charge < -0.3 is 5.32 Å². The Bertz CT molecular complexity index is 526. The zero-order valence-corrected chi connectivity index (χ0v) is 11.8. The Balaban J connectivity index is 1.85. The summed E-state index contributed by atoms with van der Waals surface area (Å²) in [7, 11) is 0. The molecule has 19 heavy (non-hydrogen) atoms. The molecule has 0 spiro atoms. The maximum Gasteiger partial charge on any atom is 0.183 e. The summed E-state index contributed by atoms with van der Waals surface area (Å²) in [6, 6.07) is 9.14. The van der Waals surface area contributed by atoms with Gasteiger partial charge in [0.25, 0.3) is 0 Å². The van der Waals surface area contributed by atoms with E-state index < -0.39 is 0 Å². The van der Waals surface area contributed by atoms with Crippen LogP contribution in [-0.4, -0.2) is 27.0 Å². The van der Waals surface area contributed by atoms with Crippen LogP contribution in [0.2, 0.25) is 0 Å². The van der Waals surface area contributed by atoms with Gasteiger partial charge in [-0.15, -0.1) is 0 Å². The second kappa shape index (κ2) is 5.75. The Kier molecular flexibility index (Phi) is 3.84. The first-order valence-corrected chi connectivity index (χ1v) is 7.59. The summed E-state index contributed by atoms with van der Waals surface area (Å²) >= 11 is 1.79. The number of H-pyrrole nitrogens is 1. The van der Waals surface area contributed by atoms with Gasteiger partial charge in [-0.3, -0.25) is 5.10 Å². The highest BCUT2D eigenvalue weighted by Crippen LogP contribution is 2.38. The number of hydrogen-bond donors (Lipinski definition) is 2. The maximum absolute atomic E-state index is 4.23. The lowest BCUT2D eigenvalue weighted by Gasteiger charge is -2.33. The van der Waals surface area contributed by atoms with Gasteiger partial charge in [-0.1, -0.05) is 43.0 Å². The molecule has 0 amide bonds. The highest BCUT2D eigenvalue weighted by molar-refractivity contribution is 7.99. The first-order valence-electron chi connectivity index (χ1n) is 6.71. The van der Waals surface area contributed by atoms with Crippen molar-refractivity contribution in [2.75, 3.05) is 6.54 Å². The van der Waals surface area contributed by atoms with Crippen LogP contribution in [0.4, 0.5) is 0 Å². The normalized spacial score (nSPS) is 22.2. The summed E-state index contributed by atoms with van der Waals surface area (Å²) in [5.41, 5.74) is 2.91. The fraction of sp³-hybridized carbons (Fsp3) is 0.429. The molecule has 3 rings (SSSR count). The molecule has 1 aromatic heterocycles. The number of thioether (sulfide) groups is 1. The van der Waals surface area contributed by atoms with Gasteiger partial charge in [0.15, 0.2) is 5.16 Å². The third kappa shape index (κ3) is 2.67. The second-order valence-electron chi connectivity index (χ2n) is 4.72. The molecule has 5 heteroatoms. The van der Waals surface area contributed by atoms with E-state index in [2.05, 4.69) is 51.7 Å². The number of nitrogens with zero attached hydrogens (tertiary/aromatic N) is 2. The number of aromatic amines is 1. The quantitative estimate of drug-likeness (QED) is 0.899. The van der Waals surface area contributed by atoms with Crippen LogP contribution in [0, 0.1) is 0 Å². The number of hydrogen-bond acceptors (Lipinski definition) is 4. The summed E-state index contributed by atoms with van der Waals surface area (Å²) in [5, 5.41) is 11.9. The second-order valence-corrected chi connectivity index (χ2v) is 5.95. The van der Waals surface area contributed by atoms with E-state index in [0.29, 0.717) is 11.3 Å². The molecule has 2 atom stereocenters. The van der Waals surface area contributed by atoms with E-state index >= 15 is 0 Å². The molecule has 2 aromatic rings. The fourth-order valence-electron chi connectivity index (χ4n) is 2.71. The van der Waals surface area contributed by atoms with E-state index in [1.807, 2.05) is 0 Å². The highest BCUT2D eigenvalue weighted by Gasteiger charge is 2.30. The largest absolute Gasteiger partial charge is 0.309 e. The van der Waals surface area contributed by atoms with E-state index in [4.69, 9.17) is 0 Å². The van der Waals surface area contributed by atoms with Crippen LogP contribution in [0.15, 0.2) is 35.7 Å². The van der Waals surface area contributed by atoms with Gasteiger partial charge in [0, 0.05) is 11.3 Å². The monoisotopic (exact) mass is 274 g/mol. The van der Waals surface area contributed by atoms with Crippen molar-refractivity contribution in [3.8, 4) is 0 Å². The van der Waals surface area contributed by atoms with Crippen LogP contribution in [0.25, 0.3) is 0 Å². The number of aromatic nitrogens is 3. The molecule has 0 radical (unpaired) electrons. The molecule has 0 fully saturated rings. The van der Waals surface area contributed by atoms with E-state index in [1.165, 1.54) is 17.5 Å². The minimum Gasteiger partial charge on any atom is -0.309 e. The van der Waals surface area contributed by atoms with Gasteiger partial charge in [-0.2, -0.15) is 5.10 Å². The topological polar surface area (TPSA) is 53.6 Å². The molecule has 0 saturated heterocycles. The summed E-state index contributed by atoms with van der Waals surface area (Å²) in [6.07, 6.45) is 3.88. The average molecular weight is 274 g/mol. The minimum atomic E-state index is 0.394. The van der Waals surface area contributed by atoms with Gasteiger partial charge in [0.05, 0.1) is 0 Å². The van der Waals surface area contributed by atoms with Crippen molar-refractivity contribution < 1.29 is 0 Å². The third-order valence-corrected chi connectivity index (χ3v) is 4.77. The molecule has 0 saturated carbocycles. The van der Waals surface area contributed by atoms with Crippen molar-refractivity contribution in [3.63, 3.8) is 0 Å². The minimum absolute atomic E-state index is 0.394. The summed E-state index contributed by atoms with van der Waals surface area (Å²) in [6.45, 7) is 3.14. The Morgan fingerprint density at radius 1 is 1.42 bits per heavy atom. The molecule has 2 unspecified atom stereocenters. The van der Waals surface area contributed by atoms with Crippen LogP contribution in [0.1, 0.15) is 30.5 Å². The van der Waals surface area contributed by atoms with Crippen molar-refractivity contribution in [2.24, 2.45) is 0 Å². The van der Waals surface area contributed by atoms with Crippen molar-refractivity contribution in [2.45, 2.75) is 36.2 Å². The molecule has 100 valence electrons. The standard InChI is InChI=1S/C14H18N4S/c1-2-15-13-11-6-4-3-5-10(11)7-8-12(13)19-14-16-9-17-18-14/h3-6,9,12-13,15H,2,7-8H2,1H3,(H,16,17,18). The predicted octanol–water partition coefficient (Wildman–Crippen LogP) is 2.56. The van der Waals surface area contributed by atoms with Crippen LogP contribution < -0.4 is 5.32 Å². The van der Waals surface area contributed by atoms with E-state index in [0.717, 1.165) is 18.1 Å². The summed E-state index contributed by atoms with van der Waals surface area (Å²) in [4.78, 5) is 4.23. The van der Waals surface area contributed by atoms with Crippen molar-refractivity contribution >= 4 is 11.8 Å². The number of nitrogens with one attached hydrogen (secondary N) is 2. The number of rotatable bonds is 4. The molecular formula is C14H18N4S. The Hall–Kier alpha value is -1.33. The molecule has 1 heterocycles. The molecule has 2 N–H and O–H groups in total. The van der Waals surface area contributed by atoms with Crippen LogP contribution in [0.3, 0.4) is 0 Å². The van der Waals surface area contributed by atoms with Gasteiger partial charge in [-0.05, 0) is 30.5 Å². The molecular weight excluding hydrogens is 256 g/mol. The smallest absolute Gasteiger partial charge is 0.183 e. The fourth-order valence-corrected chi connectivity index (χ4v) is 3.83. The zero-order valence-electron chi connectivity index (χ0n) is 11.0. The number of benzene rings is 1. The summed E-state index contributed by atoms with van der Waals surface area (Å²) < 4.78 is 0. The lowest BCUT2D eigenvalue weighted by molar-refractivity contribution is 0.484. The molecule has 1 aliphatic rings. The van der Waals surface area contributed by atoms with Crippen LogP contribution in [0.5, 0.6) is 0 Å². The van der Waals surface area contributed by atoms with Crippen molar-refractivity contribution in [1.82, 2.24) is 20.5 Å². The zero-order chi connectivity index (χ0) is 13.1. The Morgan fingerprint density at radius 2 is 2.32 bits per heavy atom. The summed E-state index contributed by atoms with van der Waals surface area (Å²) in [5.74, 6) is 0. The molecule has 1 aliphatic carbocycles. The van der Waals surface area contributed by atoms with Crippen molar-refractivity contribution in [3.05, 3.63) is 41.7 Å². The average Bonchev–Trinajstić information content (AvgIpc) is 2.94. The lowest BCUT2D eigenvalue weighted by atomic mass is 9.87. The van der Waals surface area contributed by atoms with E-state index in [-0.39, 0.29) is 0 Å². The Labute approximate surface area is 117 Å². The van der Waals surface area contributed by atoms with Crippen molar-refractivity contribution in [1.29, 1.82) is 0 Å². The molecule has 0 bridgehead atoms. The van der Waals surface area contributed by atoms with Crippen LogP contribution in [-0.2, 0) is 6.42 Å². The number of fused-ring (bicyclic) bond motifs is 1. The Morgan fingerprint density at radius 3 is 3.11 bits per heavy atom. The van der Waals surface area contributed by atoms with E-state index in [1.54, 1.807) is 18.1 Å². The molecule has 1 aromatic carbocycles. The SMILES string of the molecule is CCNC1c2ccccc2CCC1Sc1ncn[nH]1. The maximum atomic E-state index is 4.23. The highest BCUT2D eigenvalue weighted by atomic mass is 32.2. The first kappa shape index (κ1) is 12.7. The predicted molar refractivity (Wildman–Crippen MR) is 77.2 cm³/mol. The first-order chi connectivity index (χ1) is 9.38. The molecule has 0 aliphatic heterocycles. The van der Waals surface area contributed by atoms with Gasteiger partial charge in [0.2, 0.25) is 0 Å².